The Morgan fingerprint density at radius 3 is 2.32 bits per heavy atom. The molecule has 0 saturated heterocycles. The van der Waals surface area contributed by atoms with Crippen molar-refractivity contribution in [2.45, 2.75) is 13.8 Å². The topological polar surface area (TPSA) is 58.2 Å². The minimum atomic E-state index is -0.373. The minimum Gasteiger partial charge on any atom is -0.273 e. The van der Waals surface area contributed by atoms with E-state index in [-0.39, 0.29) is 33.6 Å². The molecular weight excluding hydrogens is 391 g/mol. The highest BCUT2D eigenvalue weighted by Gasteiger charge is 2.60. The summed E-state index contributed by atoms with van der Waals surface area (Å²) in [5.41, 5.74) is 5.08. The zero-order valence-corrected chi connectivity index (χ0v) is 15.1. The molecule has 22 heavy (non-hydrogen) atoms. The van der Waals surface area contributed by atoms with E-state index in [0.29, 0.717) is 5.56 Å². The van der Waals surface area contributed by atoms with Crippen molar-refractivity contribution >= 4 is 50.9 Å². The van der Waals surface area contributed by atoms with Crippen LogP contribution >= 0.6 is 39.1 Å². The summed E-state index contributed by atoms with van der Waals surface area (Å²) in [6.45, 7) is 3.90. The first-order valence-corrected chi connectivity index (χ1v) is 8.17. The van der Waals surface area contributed by atoms with Crippen molar-refractivity contribution in [2.24, 2.45) is 17.3 Å². The van der Waals surface area contributed by atoms with E-state index in [2.05, 4.69) is 26.8 Å². The fourth-order valence-electron chi connectivity index (χ4n) is 2.49. The van der Waals surface area contributed by atoms with Gasteiger partial charge in [0.25, 0.3) is 5.91 Å². The minimum absolute atomic E-state index is 0.0397. The van der Waals surface area contributed by atoms with Crippen LogP contribution in [0.25, 0.3) is 0 Å². The molecule has 1 fully saturated rings. The molecule has 0 aliphatic heterocycles. The van der Waals surface area contributed by atoms with Crippen molar-refractivity contribution in [3.63, 3.8) is 0 Å². The number of nitrogens with one attached hydrogen (secondary N) is 2. The van der Waals surface area contributed by atoms with Gasteiger partial charge in [-0.15, -0.1) is 0 Å². The summed E-state index contributed by atoms with van der Waals surface area (Å²) in [4.78, 5) is 24.1. The van der Waals surface area contributed by atoms with E-state index in [1.807, 2.05) is 13.8 Å². The molecule has 0 unspecified atom stereocenters. The lowest BCUT2D eigenvalue weighted by Crippen LogP contribution is -2.43. The summed E-state index contributed by atoms with van der Waals surface area (Å²) in [5.74, 6) is -0.944. The lowest BCUT2D eigenvalue weighted by molar-refractivity contribution is -0.123. The molecule has 1 aromatic carbocycles. The Balaban J connectivity index is 1.92. The van der Waals surface area contributed by atoms with Gasteiger partial charge < -0.3 is 0 Å². The molecule has 2 rings (SSSR count). The van der Waals surface area contributed by atoms with Gasteiger partial charge in [-0.3, -0.25) is 20.4 Å². The van der Waals surface area contributed by atoms with Crippen LogP contribution in [0, 0.1) is 17.3 Å². The molecule has 1 aliphatic rings. The number of halogens is 3. The van der Waals surface area contributed by atoms with Crippen molar-refractivity contribution in [1.82, 2.24) is 10.9 Å². The second-order valence-electron chi connectivity index (χ2n) is 5.73. The maximum Gasteiger partial charge on any atom is 0.269 e. The summed E-state index contributed by atoms with van der Waals surface area (Å²) >= 11 is 14.6. The molecule has 0 heterocycles. The first kappa shape index (κ1) is 17.3. The predicted molar refractivity (Wildman–Crippen MR) is 90.3 cm³/mol. The highest BCUT2D eigenvalue weighted by molar-refractivity contribution is 9.10. The average molecular weight is 406 g/mol. The van der Waals surface area contributed by atoms with E-state index in [1.165, 1.54) is 0 Å². The van der Waals surface area contributed by atoms with E-state index in [4.69, 9.17) is 23.2 Å². The summed E-state index contributed by atoms with van der Waals surface area (Å²) in [6.07, 6.45) is 1.66. The second-order valence-corrected chi connectivity index (χ2v) is 7.65. The standard InChI is InChI=1S/C15H15BrCl2N2O2/c1-15(2)10(7-11(17)18)12(15)14(22)20-19-13(21)8-3-5-9(16)6-4-8/h3-7,10,12H,1-2H3,(H,19,21)(H,20,22)/t10-,12+/m0/s1. The number of benzene rings is 1. The van der Waals surface area contributed by atoms with Gasteiger partial charge in [-0.05, 0) is 41.7 Å². The second kappa shape index (κ2) is 6.60. The van der Waals surface area contributed by atoms with Crippen LogP contribution in [0.2, 0.25) is 0 Å². The summed E-state index contributed by atoms with van der Waals surface area (Å²) in [6, 6.07) is 6.82. The summed E-state index contributed by atoms with van der Waals surface area (Å²) < 4.78 is 1.02. The fourth-order valence-corrected chi connectivity index (χ4v) is 3.03. The van der Waals surface area contributed by atoms with E-state index in [0.717, 1.165) is 4.47 Å². The molecule has 1 aromatic rings. The number of hydrogen-bond donors (Lipinski definition) is 2. The Hall–Kier alpha value is -1.04. The highest BCUT2D eigenvalue weighted by atomic mass is 79.9. The number of carbonyl (C=O) groups excluding carboxylic acids is 2. The Morgan fingerprint density at radius 1 is 1.18 bits per heavy atom. The van der Waals surface area contributed by atoms with Crippen molar-refractivity contribution in [3.8, 4) is 0 Å². The van der Waals surface area contributed by atoms with Crippen LogP contribution in [0.15, 0.2) is 39.3 Å². The lowest BCUT2D eigenvalue weighted by Gasteiger charge is -2.08. The molecule has 2 atom stereocenters. The third kappa shape index (κ3) is 3.83. The predicted octanol–water partition coefficient (Wildman–Crippen LogP) is 3.80. The monoisotopic (exact) mass is 404 g/mol. The first-order chi connectivity index (χ1) is 10.2. The largest absolute Gasteiger partial charge is 0.273 e. The smallest absolute Gasteiger partial charge is 0.269 e. The maximum atomic E-state index is 12.2. The molecule has 1 aliphatic carbocycles. The maximum absolute atomic E-state index is 12.2. The SMILES string of the molecule is CC1(C)[C@@H](C=C(Cl)Cl)[C@@H]1C(=O)NNC(=O)c1ccc(Br)cc1. The van der Waals surface area contributed by atoms with Gasteiger partial charge in [0.05, 0.1) is 5.92 Å². The van der Waals surface area contributed by atoms with Crippen molar-refractivity contribution in [2.75, 3.05) is 0 Å². The summed E-state index contributed by atoms with van der Waals surface area (Å²) in [7, 11) is 0. The number of hydrazine groups is 1. The van der Waals surface area contributed by atoms with Gasteiger partial charge in [-0.1, -0.05) is 53.0 Å². The third-order valence-corrected chi connectivity index (χ3v) is 4.68. The van der Waals surface area contributed by atoms with Crippen LogP contribution in [0.1, 0.15) is 24.2 Å². The number of amides is 2. The van der Waals surface area contributed by atoms with Crippen LogP contribution in [-0.2, 0) is 4.79 Å². The number of carbonyl (C=O) groups is 2. The Morgan fingerprint density at radius 2 is 1.77 bits per heavy atom. The Bertz CT molecular complexity index is 625. The van der Waals surface area contributed by atoms with Crippen LogP contribution in [-0.4, -0.2) is 11.8 Å². The average Bonchev–Trinajstić information content (AvgIpc) is 2.96. The zero-order valence-electron chi connectivity index (χ0n) is 12.0. The van der Waals surface area contributed by atoms with Crippen LogP contribution in [0.3, 0.4) is 0 Å². The van der Waals surface area contributed by atoms with E-state index in [1.54, 1.807) is 30.3 Å². The van der Waals surface area contributed by atoms with Gasteiger partial charge in [0.1, 0.15) is 4.49 Å². The molecule has 0 spiro atoms. The van der Waals surface area contributed by atoms with E-state index < -0.39 is 0 Å². The lowest BCUT2D eigenvalue weighted by atomic mass is 10.1. The van der Waals surface area contributed by atoms with Crippen molar-refractivity contribution in [1.29, 1.82) is 0 Å². The number of allylic oxidation sites excluding steroid dienone is 1. The molecule has 0 bridgehead atoms. The van der Waals surface area contributed by atoms with Crippen molar-refractivity contribution in [3.05, 3.63) is 44.9 Å². The number of hydrogen-bond acceptors (Lipinski definition) is 2. The Labute approximate surface area is 147 Å². The highest BCUT2D eigenvalue weighted by Crippen LogP contribution is 2.59. The normalized spacial score (nSPS) is 21.7. The molecule has 2 N–H and O–H groups in total. The molecule has 0 aromatic heterocycles. The fraction of sp³-hybridized carbons (Fsp3) is 0.333. The molecule has 0 radical (unpaired) electrons. The van der Waals surface area contributed by atoms with Crippen LogP contribution < -0.4 is 10.9 Å². The first-order valence-electron chi connectivity index (χ1n) is 6.62. The molecule has 4 nitrogen and oxygen atoms in total. The number of rotatable bonds is 3. The van der Waals surface area contributed by atoms with Crippen LogP contribution in [0.4, 0.5) is 0 Å². The molecule has 2 amide bonds. The quantitative estimate of drug-likeness (QED) is 0.751. The van der Waals surface area contributed by atoms with E-state index >= 15 is 0 Å². The molecular formula is C15H15BrCl2N2O2. The van der Waals surface area contributed by atoms with Crippen molar-refractivity contribution < 1.29 is 9.59 Å². The van der Waals surface area contributed by atoms with Gasteiger partial charge in [-0.2, -0.15) is 0 Å². The zero-order chi connectivity index (χ0) is 16.5. The molecule has 1 saturated carbocycles. The summed E-state index contributed by atoms with van der Waals surface area (Å²) in [5, 5.41) is 0. The van der Waals surface area contributed by atoms with Gasteiger partial charge in [0, 0.05) is 10.0 Å². The molecule has 7 heteroatoms. The Kier molecular flexibility index (Phi) is 5.20. The van der Waals surface area contributed by atoms with Gasteiger partial charge in [-0.25, -0.2) is 0 Å². The molecule has 118 valence electrons. The van der Waals surface area contributed by atoms with Gasteiger partial charge >= 0.3 is 0 Å². The van der Waals surface area contributed by atoms with Crippen LogP contribution in [0.5, 0.6) is 0 Å². The third-order valence-electron chi connectivity index (χ3n) is 3.90. The van der Waals surface area contributed by atoms with Gasteiger partial charge in [0.15, 0.2) is 0 Å². The van der Waals surface area contributed by atoms with E-state index in [9.17, 15) is 9.59 Å². The van der Waals surface area contributed by atoms with Gasteiger partial charge in [0.2, 0.25) is 5.91 Å².